The summed E-state index contributed by atoms with van der Waals surface area (Å²) in [6.45, 7) is 0. The Labute approximate surface area is 122 Å². The number of halogens is 1. The number of carbonyl (C=O) groups is 1. The van der Waals surface area contributed by atoms with Crippen LogP contribution in [0.5, 0.6) is 0 Å². The highest BCUT2D eigenvalue weighted by Crippen LogP contribution is 2.21. The molecule has 7 nitrogen and oxygen atoms in total. The first-order chi connectivity index (χ1) is 9.74. The minimum Gasteiger partial charge on any atom is -0.318 e. The van der Waals surface area contributed by atoms with Gasteiger partial charge in [-0.15, -0.1) is 10.2 Å². The summed E-state index contributed by atoms with van der Waals surface area (Å²) >= 11 is 6.68. The van der Waals surface area contributed by atoms with Crippen LogP contribution in [-0.2, 0) is 0 Å². The molecule has 1 amide bonds. The lowest BCUT2D eigenvalue weighted by atomic mass is 10.2. The highest BCUT2D eigenvalue weighted by molar-refractivity contribution is 7.17. The van der Waals surface area contributed by atoms with E-state index >= 15 is 0 Å². The van der Waals surface area contributed by atoms with E-state index in [0.717, 1.165) is 11.3 Å². The normalized spacial score (nSPS) is 10.4. The van der Waals surface area contributed by atoms with Gasteiger partial charge in [-0.2, -0.15) is 5.10 Å². The molecule has 0 fully saturated rings. The van der Waals surface area contributed by atoms with E-state index in [0.29, 0.717) is 11.4 Å². The third kappa shape index (κ3) is 2.51. The number of anilines is 1. The molecule has 0 aliphatic carbocycles. The van der Waals surface area contributed by atoms with Gasteiger partial charge in [-0.3, -0.25) is 4.79 Å². The SMILES string of the molecule is O=C(Nc1ccccc1-n1cncn1)c1nnc(Cl)s1. The van der Waals surface area contributed by atoms with Gasteiger partial charge < -0.3 is 5.32 Å². The van der Waals surface area contributed by atoms with Gasteiger partial charge in [0.05, 0.1) is 11.4 Å². The van der Waals surface area contributed by atoms with Gasteiger partial charge >= 0.3 is 0 Å². The predicted octanol–water partition coefficient (Wildman–Crippen LogP) is 2.02. The molecule has 3 rings (SSSR count). The summed E-state index contributed by atoms with van der Waals surface area (Å²) in [7, 11) is 0. The fourth-order valence-electron chi connectivity index (χ4n) is 1.58. The summed E-state index contributed by atoms with van der Waals surface area (Å²) in [6.07, 6.45) is 2.97. The molecule has 0 bridgehead atoms. The molecule has 0 aliphatic rings. The Morgan fingerprint density at radius 1 is 1.30 bits per heavy atom. The highest BCUT2D eigenvalue weighted by Gasteiger charge is 2.14. The van der Waals surface area contributed by atoms with Gasteiger partial charge in [0.25, 0.3) is 5.91 Å². The number of hydrogen-bond acceptors (Lipinski definition) is 6. The molecule has 1 aromatic carbocycles. The number of para-hydroxylation sites is 2. The van der Waals surface area contributed by atoms with Crippen LogP contribution >= 0.6 is 22.9 Å². The number of nitrogens with one attached hydrogen (secondary N) is 1. The Kier molecular flexibility index (Phi) is 3.40. The van der Waals surface area contributed by atoms with Gasteiger partial charge in [0.1, 0.15) is 12.7 Å². The lowest BCUT2D eigenvalue weighted by molar-refractivity contribution is 0.102. The number of carbonyl (C=O) groups excluding carboxylic acids is 1. The molecule has 3 aromatic rings. The molecule has 1 N–H and O–H groups in total. The molecule has 0 aliphatic heterocycles. The summed E-state index contributed by atoms with van der Waals surface area (Å²) in [5.74, 6) is -0.373. The molecule has 0 radical (unpaired) electrons. The van der Waals surface area contributed by atoms with Crippen molar-refractivity contribution in [3.63, 3.8) is 0 Å². The predicted molar refractivity (Wildman–Crippen MR) is 74.2 cm³/mol. The summed E-state index contributed by atoms with van der Waals surface area (Å²) in [6, 6.07) is 7.23. The van der Waals surface area contributed by atoms with Crippen LogP contribution in [0.3, 0.4) is 0 Å². The number of amides is 1. The first kappa shape index (κ1) is 12.7. The van der Waals surface area contributed by atoms with Gasteiger partial charge in [0.2, 0.25) is 9.47 Å². The Bertz CT molecular complexity index is 741. The van der Waals surface area contributed by atoms with Crippen molar-refractivity contribution in [1.29, 1.82) is 0 Å². The third-order valence-electron chi connectivity index (χ3n) is 2.41. The molecule has 2 aromatic heterocycles. The van der Waals surface area contributed by atoms with Crippen molar-refractivity contribution in [2.24, 2.45) is 0 Å². The van der Waals surface area contributed by atoms with Crippen LogP contribution in [0.4, 0.5) is 5.69 Å². The zero-order chi connectivity index (χ0) is 13.9. The monoisotopic (exact) mass is 306 g/mol. The van der Waals surface area contributed by atoms with Crippen LogP contribution in [0.1, 0.15) is 9.80 Å². The van der Waals surface area contributed by atoms with E-state index in [1.54, 1.807) is 17.1 Å². The molecule has 0 unspecified atom stereocenters. The maximum absolute atomic E-state index is 12.0. The first-order valence-electron chi connectivity index (χ1n) is 5.48. The zero-order valence-corrected chi connectivity index (χ0v) is 11.5. The topological polar surface area (TPSA) is 85.6 Å². The highest BCUT2D eigenvalue weighted by atomic mass is 35.5. The molecule has 2 heterocycles. The van der Waals surface area contributed by atoms with Crippen molar-refractivity contribution < 1.29 is 4.79 Å². The molecule has 0 atom stereocenters. The van der Waals surface area contributed by atoms with E-state index in [4.69, 9.17) is 11.6 Å². The summed E-state index contributed by atoms with van der Waals surface area (Å²) in [5, 5.41) is 14.3. The summed E-state index contributed by atoms with van der Waals surface area (Å²) < 4.78 is 1.78. The number of nitrogens with zero attached hydrogens (tertiary/aromatic N) is 5. The minimum absolute atomic E-state index is 0.198. The number of rotatable bonds is 3. The van der Waals surface area contributed by atoms with Gasteiger partial charge in [-0.1, -0.05) is 23.5 Å². The lowest BCUT2D eigenvalue weighted by Crippen LogP contribution is -2.13. The Hall–Kier alpha value is -2.32. The second-order valence-corrected chi connectivity index (χ2v) is 5.23. The second-order valence-electron chi connectivity index (χ2n) is 3.67. The minimum atomic E-state index is -0.373. The number of aromatic nitrogens is 5. The average molecular weight is 307 g/mol. The van der Waals surface area contributed by atoms with E-state index in [-0.39, 0.29) is 15.4 Å². The number of benzene rings is 1. The van der Waals surface area contributed by atoms with E-state index in [1.807, 2.05) is 18.2 Å². The molecule has 9 heteroatoms. The fourth-order valence-corrected chi connectivity index (χ4v) is 2.31. The molecule has 20 heavy (non-hydrogen) atoms. The standard InChI is InChI=1S/C11H7ClN6OS/c12-11-17-16-10(20-11)9(19)15-7-3-1-2-4-8(7)18-6-13-5-14-18/h1-6H,(H,15,19). The summed E-state index contributed by atoms with van der Waals surface area (Å²) in [4.78, 5) is 15.9. The number of hydrogen-bond donors (Lipinski definition) is 1. The largest absolute Gasteiger partial charge is 0.318 e. The molecule has 100 valence electrons. The average Bonchev–Trinajstić information content (AvgIpc) is 3.10. The van der Waals surface area contributed by atoms with Crippen molar-refractivity contribution in [2.45, 2.75) is 0 Å². The summed E-state index contributed by atoms with van der Waals surface area (Å²) in [5.41, 5.74) is 1.29. The van der Waals surface area contributed by atoms with Gasteiger partial charge in [-0.05, 0) is 23.7 Å². The maximum atomic E-state index is 12.0. The van der Waals surface area contributed by atoms with E-state index in [2.05, 4.69) is 25.6 Å². The maximum Gasteiger partial charge on any atom is 0.286 e. The van der Waals surface area contributed by atoms with Gasteiger partial charge in [0.15, 0.2) is 0 Å². The van der Waals surface area contributed by atoms with Crippen LogP contribution in [0.25, 0.3) is 5.69 Å². The van der Waals surface area contributed by atoms with E-state index in [9.17, 15) is 4.79 Å². The second kappa shape index (κ2) is 5.35. The van der Waals surface area contributed by atoms with Crippen LogP contribution in [0.2, 0.25) is 4.47 Å². The van der Waals surface area contributed by atoms with Crippen LogP contribution in [0, 0.1) is 0 Å². The van der Waals surface area contributed by atoms with Crippen LogP contribution < -0.4 is 5.32 Å². The quantitative estimate of drug-likeness (QED) is 0.800. The molecule has 0 saturated heterocycles. The van der Waals surface area contributed by atoms with E-state index < -0.39 is 0 Å². The molecule has 0 saturated carbocycles. The first-order valence-corrected chi connectivity index (χ1v) is 6.68. The lowest BCUT2D eigenvalue weighted by Gasteiger charge is -2.09. The van der Waals surface area contributed by atoms with Gasteiger partial charge in [-0.25, -0.2) is 9.67 Å². The molecular weight excluding hydrogens is 300 g/mol. The zero-order valence-electron chi connectivity index (χ0n) is 9.89. The fraction of sp³-hybridized carbons (Fsp3) is 0. The Morgan fingerprint density at radius 3 is 2.85 bits per heavy atom. The molecular formula is C11H7ClN6OS. The van der Waals surface area contributed by atoms with Crippen molar-refractivity contribution in [2.75, 3.05) is 5.32 Å². The van der Waals surface area contributed by atoms with Crippen molar-refractivity contribution >= 4 is 34.5 Å². The smallest absolute Gasteiger partial charge is 0.286 e. The van der Waals surface area contributed by atoms with E-state index in [1.165, 1.54) is 6.33 Å². The molecule has 0 spiro atoms. The van der Waals surface area contributed by atoms with Crippen molar-refractivity contribution in [3.05, 3.63) is 46.4 Å². The van der Waals surface area contributed by atoms with Gasteiger partial charge in [0, 0.05) is 0 Å². The Morgan fingerprint density at radius 2 is 2.15 bits per heavy atom. The van der Waals surface area contributed by atoms with Crippen molar-refractivity contribution in [1.82, 2.24) is 25.0 Å². The van der Waals surface area contributed by atoms with Crippen molar-refractivity contribution in [3.8, 4) is 5.69 Å². The Balaban J connectivity index is 1.90. The van der Waals surface area contributed by atoms with Crippen LogP contribution in [0.15, 0.2) is 36.9 Å². The van der Waals surface area contributed by atoms with Crippen LogP contribution in [-0.4, -0.2) is 30.9 Å². The third-order valence-corrected chi connectivity index (χ3v) is 3.43.